The fourth-order valence-corrected chi connectivity index (χ4v) is 4.42. The number of carbonyl (C=O) groups is 2. The number of nitrogens with zero attached hydrogens (tertiary/aromatic N) is 2. The van der Waals surface area contributed by atoms with E-state index in [1.807, 2.05) is 50.4 Å². The van der Waals surface area contributed by atoms with Gasteiger partial charge in [-0.3, -0.25) is 14.2 Å². The lowest BCUT2D eigenvalue weighted by Crippen LogP contribution is -2.41. The molecule has 0 N–H and O–H groups in total. The Kier molecular flexibility index (Phi) is 5.91. The molecule has 0 bridgehead atoms. The molecular formula is C28H26N2O5. The summed E-state index contributed by atoms with van der Waals surface area (Å²) in [4.78, 5) is 26.9. The quantitative estimate of drug-likeness (QED) is 0.307. The highest BCUT2D eigenvalue weighted by Crippen LogP contribution is 2.32. The smallest absolute Gasteiger partial charge is 0.308 e. The molecule has 35 heavy (non-hydrogen) atoms. The highest BCUT2D eigenvalue weighted by Gasteiger charge is 2.24. The second kappa shape index (κ2) is 9.18. The van der Waals surface area contributed by atoms with Gasteiger partial charge in [0.15, 0.2) is 0 Å². The molecule has 0 aliphatic carbocycles. The number of likely N-dealkylation sites (N-methyl/N-ethyl adjacent to an activating group) is 1. The largest absolute Gasteiger partial charge is 0.490 e. The topological polar surface area (TPSA) is 70.0 Å². The van der Waals surface area contributed by atoms with Gasteiger partial charge in [0.1, 0.15) is 30.0 Å². The molecule has 2 heterocycles. The van der Waals surface area contributed by atoms with Crippen LogP contribution in [0.25, 0.3) is 10.9 Å². The Labute approximate surface area is 203 Å². The van der Waals surface area contributed by atoms with E-state index in [1.54, 1.807) is 41.1 Å². The number of hydrogen-bond donors (Lipinski definition) is 0. The van der Waals surface area contributed by atoms with Gasteiger partial charge in [-0.1, -0.05) is 18.2 Å². The molecule has 1 atom stereocenters. The third-order valence-electron chi connectivity index (χ3n) is 6.08. The SMILES string of the molecule is CC(=O)Oc1cccc2c1ccn2C(=O)c1ccc(OC[C@@H]2CN(C)c3ccccc3O2)cc1C. The Morgan fingerprint density at radius 2 is 1.89 bits per heavy atom. The number of aromatic nitrogens is 1. The van der Waals surface area contributed by atoms with Crippen molar-refractivity contribution in [2.75, 3.05) is 25.1 Å². The number of benzene rings is 3. The van der Waals surface area contributed by atoms with E-state index >= 15 is 0 Å². The molecule has 0 unspecified atom stereocenters. The van der Waals surface area contributed by atoms with Gasteiger partial charge < -0.3 is 19.1 Å². The van der Waals surface area contributed by atoms with Gasteiger partial charge in [-0.2, -0.15) is 0 Å². The Hall–Kier alpha value is -4.26. The third-order valence-corrected chi connectivity index (χ3v) is 6.08. The van der Waals surface area contributed by atoms with Crippen molar-refractivity contribution in [2.45, 2.75) is 20.0 Å². The maximum Gasteiger partial charge on any atom is 0.308 e. The number of ether oxygens (including phenoxy) is 3. The first-order valence-corrected chi connectivity index (χ1v) is 11.4. The van der Waals surface area contributed by atoms with Gasteiger partial charge in [0.05, 0.1) is 17.7 Å². The van der Waals surface area contributed by atoms with Crippen molar-refractivity contribution in [2.24, 2.45) is 0 Å². The summed E-state index contributed by atoms with van der Waals surface area (Å²) >= 11 is 0. The van der Waals surface area contributed by atoms with Crippen molar-refractivity contribution < 1.29 is 23.8 Å². The van der Waals surface area contributed by atoms with Crippen molar-refractivity contribution in [3.63, 3.8) is 0 Å². The Balaban J connectivity index is 1.31. The van der Waals surface area contributed by atoms with Gasteiger partial charge in [0.25, 0.3) is 5.91 Å². The summed E-state index contributed by atoms with van der Waals surface area (Å²) in [6.45, 7) is 4.36. The van der Waals surface area contributed by atoms with Crippen LogP contribution in [0, 0.1) is 6.92 Å². The van der Waals surface area contributed by atoms with Crippen molar-refractivity contribution in [3.8, 4) is 17.2 Å². The first kappa shape index (κ1) is 22.5. The molecule has 0 fully saturated rings. The summed E-state index contributed by atoms with van der Waals surface area (Å²) in [7, 11) is 2.04. The Bertz CT molecular complexity index is 1420. The standard InChI is InChI=1S/C28H26N2O5/c1-18-15-20(33-17-21-16-29(3)25-7-4-5-9-27(25)35-21)11-12-22(18)28(32)30-14-13-23-24(30)8-6-10-26(23)34-19(2)31/h4-15,21H,16-17H2,1-3H3/t21-/m0/s1. The second-order valence-corrected chi connectivity index (χ2v) is 8.65. The fourth-order valence-electron chi connectivity index (χ4n) is 4.42. The number of aryl methyl sites for hydroxylation is 1. The molecule has 3 aromatic carbocycles. The summed E-state index contributed by atoms with van der Waals surface area (Å²) in [5.41, 5.74) is 3.11. The van der Waals surface area contributed by atoms with E-state index in [4.69, 9.17) is 14.2 Å². The van der Waals surface area contributed by atoms with Crippen LogP contribution in [0.5, 0.6) is 17.2 Å². The molecule has 1 aliphatic rings. The van der Waals surface area contributed by atoms with E-state index in [9.17, 15) is 9.59 Å². The zero-order valence-corrected chi connectivity index (χ0v) is 19.9. The molecule has 1 aromatic heterocycles. The minimum atomic E-state index is -0.405. The predicted molar refractivity (Wildman–Crippen MR) is 134 cm³/mol. The number of hydrogen-bond acceptors (Lipinski definition) is 6. The Morgan fingerprint density at radius 1 is 1.06 bits per heavy atom. The highest BCUT2D eigenvalue weighted by molar-refractivity contribution is 6.04. The zero-order valence-electron chi connectivity index (χ0n) is 19.9. The number of fused-ring (bicyclic) bond motifs is 2. The maximum atomic E-state index is 13.3. The fraction of sp³-hybridized carbons (Fsp3) is 0.214. The number of para-hydroxylation sites is 2. The van der Waals surface area contributed by atoms with Gasteiger partial charge in [-0.15, -0.1) is 0 Å². The monoisotopic (exact) mass is 470 g/mol. The predicted octanol–water partition coefficient (Wildman–Crippen LogP) is 4.84. The van der Waals surface area contributed by atoms with Crippen molar-refractivity contribution in [1.82, 2.24) is 4.57 Å². The molecule has 178 valence electrons. The summed E-state index contributed by atoms with van der Waals surface area (Å²) in [6.07, 6.45) is 1.59. The van der Waals surface area contributed by atoms with E-state index in [0.717, 1.165) is 23.5 Å². The lowest BCUT2D eigenvalue weighted by atomic mass is 10.1. The average Bonchev–Trinajstić information content (AvgIpc) is 3.27. The van der Waals surface area contributed by atoms with E-state index in [-0.39, 0.29) is 12.0 Å². The number of rotatable bonds is 5. The number of carbonyl (C=O) groups excluding carboxylic acids is 2. The lowest BCUT2D eigenvalue weighted by Gasteiger charge is -2.33. The molecule has 0 spiro atoms. The first-order chi connectivity index (χ1) is 16.9. The van der Waals surface area contributed by atoms with Crippen LogP contribution in [-0.2, 0) is 4.79 Å². The van der Waals surface area contributed by atoms with Gasteiger partial charge >= 0.3 is 5.97 Å². The van der Waals surface area contributed by atoms with Gasteiger partial charge in [-0.05, 0) is 61.0 Å². The van der Waals surface area contributed by atoms with Crippen LogP contribution in [0.1, 0.15) is 22.8 Å². The first-order valence-electron chi connectivity index (χ1n) is 11.4. The minimum Gasteiger partial charge on any atom is -0.490 e. The van der Waals surface area contributed by atoms with Crippen molar-refractivity contribution >= 4 is 28.5 Å². The van der Waals surface area contributed by atoms with Crippen LogP contribution < -0.4 is 19.1 Å². The molecule has 4 aromatic rings. The van der Waals surface area contributed by atoms with Crippen LogP contribution in [0.3, 0.4) is 0 Å². The molecule has 0 radical (unpaired) electrons. The van der Waals surface area contributed by atoms with Crippen LogP contribution in [0.4, 0.5) is 5.69 Å². The molecule has 0 saturated heterocycles. The molecular weight excluding hydrogens is 444 g/mol. The van der Waals surface area contributed by atoms with Gasteiger partial charge in [-0.25, -0.2) is 0 Å². The van der Waals surface area contributed by atoms with E-state index < -0.39 is 5.97 Å². The lowest BCUT2D eigenvalue weighted by molar-refractivity contribution is -0.131. The van der Waals surface area contributed by atoms with Crippen molar-refractivity contribution in [1.29, 1.82) is 0 Å². The number of esters is 1. The average molecular weight is 471 g/mol. The van der Waals surface area contributed by atoms with Crippen LogP contribution in [0.2, 0.25) is 0 Å². The molecule has 7 heteroatoms. The molecule has 0 saturated carbocycles. The molecule has 1 aliphatic heterocycles. The van der Waals surface area contributed by atoms with E-state index in [1.165, 1.54) is 6.92 Å². The van der Waals surface area contributed by atoms with Crippen LogP contribution in [0.15, 0.2) is 72.9 Å². The van der Waals surface area contributed by atoms with E-state index in [2.05, 4.69) is 4.90 Å². The summed E-state index contributed by atoms with van der Waals surface area (Å²) in [5, 5.41) is 0.702. The second-order valence-electron chi connectivity index (χ2n) is 8.65. The maximum absolute atomic E-state index is 13.3. The zero-order chi connectivity index (χ0) is 24.5. The summed E-state index contributed by atoms with van der Waals surface area (Å²) < 4.78 is 18.9. The third kappa shape index (κ3) is 4.45. The normalized spacial score (nSPS) is 14.8. The summed E-state index contributed by atoms with van der Waals surface area (Å²) in [5.74, 6) is 1.39. The molecule has 7 nitrogen and oxygen atoms in total. The van der Waals surface area contributed by atoms with Crippen molar-refractivity contribution in [3.05, 3.63) is 84.1 Å². The minimum absolute atomic E-state index is 0.103. The van der Waals surface area contributed by atoms with Gasteiger partial charge in [0.2, 0.25) is 0 Å². The van der Waals surface area contributed by atoms with E-state index in [0.29, 0.717) is 34.6 Å². The molecule has 0 amide bonds. The van der Waals surface area contributed by atoms with Crippen LogP contribution in [-0.4, -0.2) is 42.7 Å². The highest BCUT2D eigenvalue weighted by atomic mass is 16.5. The van der Waals surface area contributed by atoms with Gasteiger partial charge in [0, 0.05) is 31.1 Å². The Morgan fingerprint density at radius 3 is 2.69 bits per heavy atom. The summed E-state index contributed by atoms with van der Waals surface area (Å²) in [6, 6.07) is 20.5. The molecule has 5 rings (SSSR count). The number of anilines is 1. The van der Waals surface area contributed by atoms with Crippen LogP contribution >= 0.6 is 0 Å².